The highest BCUT2D eigenvalue weighted by Gasteiger charge is 2.07. The second kappa shape index (κ2) is 6.23. The molecule has 2 nitrogen and oxygen atoms in total. The summed E-state index contributed by atoms with van der Waals surface area (Å²) in [5.41, 5.74) is 0. The molecular formula is C9H18O2S. The van der Waals surface area contributed by atoms with Crippen LogP contribution in [-0.4, -0.2) is 19.9 Å². The van der Waals surface area contributed by atoms with Crippen molar-refractivity contribution in [2.75, 3.05) is 11.5 Å². The fraction of sp³-hybridized carbons (Fsp3) is 0.778. The SMILES string of the molecule is C=CCCCCS(=O)(=O)CCC. The topological polar surface area (TPSA) is 34.1 Å². The van der Waals surface area contributed by atoms with Gasteiger partial charge in [0.2, 0.25) is 0 Å². The molecule has 0 amide bonds. The van der Waals surface area contributed by atoms with Gasteiger partial charge in [0.05, 0.1) is 5.75 Å². The van der Waals surface area contributed by atoms with E-state index in [1.807, 2.05) is 13.0 Å². The number of hydrogen-bond donors (Lipinski definition) is 0. The second-order valence-electron chi connectivity index (χ2n) is 2.94. The van der Waals surface area contributed by atoms with E-state index in [0.717, 1.165) is 25.7 Å². The fourth-order valence-corrected chi connectivity index (χ4v) is 2.49. The van der Waals surface area contributed by atoms with Crippen molar-refractivity contribution in [3.05, 3.63) is 12.7 Å². The minimum atomic E-state index is -2.75. The lowest BCUT2D eigenvalue weighted by Gasteiger charge is -2.00. The van der Waals surface area contributed by atoms with E-state index in [0.29, 0.717) is 11.5 Å². The summed E-state index contributed by atoms with van der Waals surface area (Å²) in [4.78, 5) is 0. The number of allylic oxidation sites excluding steroid dienone is 1. The van der Waals surface area contributed by atoms with Gasteiger partial charge in [-0.25, -0.2) is 8.42 Å². The lowest BCUT2D eigenvalue weighted by Crippen LogP contribution is -2.10. The van der Waals surface area contributed by atoms with Gasteiger partial charge in [-0.15, -0.1) is 6.58 Å². The lowest BCUT2D eigenvalue weighted by molar-refractivity contribution is 0.590. The molecule has 0 saturated carbocycles. The summed E-state index contributed by atoms with van der Waals surface area (Å²) < 4.78 is 22.3. The first-order valence-electron chi connectivity index (χ1n) is 4.43. The summed E-state index contributed by atoms with van der Waals surface area (Å²) in [6, 6.07) is 0. The third-order valence-corrected chi connectivity index (χ3v) is 3.57. The molecule has 0 radical (unpaired) electrons. The highest BCUT2D eigenvalue weighted by Crippen LogP contribution is 2.01. The monoisotopic (exact) mass is 190 g/mol. The van der Waals surface area contributed by atoms with Crippen LogP contribution in [0.2, 0.25) is 0 Å². The molecule has 72 valence electrons. The van der Waals surface area contributed by atoms with E-state index < -0.39 is 9.84 Å². The van der Waals surface area contributed by atoms with Crippen LogP contribution in [-0.2, 0) is 9.84 Å². The van der Waals surface area contributed by atoms with Crippen LogP contribution in [0.15, 0.2) is 12.7 Å². The summed E-state index contributed by atoms with van der Waals surface area (Å²) in [5.74, 6) is 0.676. The Hall–Kier alpha value is -0.310. The number of sulfone groups is 1. The molecule has 0 N–H and O–H groups in total. The molecule has 0 fully saturated rings. The quantitative estimate of drug-likeness (QED) is 0.455. The first kappa shape index (κ1) is 11.7. The van der Waals surface area contributed by atoms with Gasteiger partial charge >= 0.3 is 0 Å². The minimum absolute atomic E-state index is 0.334. The molecule has 0 saturated heterocycles. The highest BCUT2D eigenvalue weighted by molar-refractivity contribution is 7.91. The predicted octanol–water partition coefficient (Wildman–Crippen LogP) is 2.17. The molecule has 0 aliphatic rings. The summed E-state index contributed by atoms with van der Waals surface area (Å²) in [6.45, 7) is 5.47. The van der Waals surface area contributed by atoms with Gasteiger partial charge in [-0.3, -0.25) is 0 Å². The molecule has 12 heavy (non-hydrogen) atoms. The number of rotatable bonds is 7. The third-order valence-electron chi connectivity index (χ3n) is 1.63. The second-order valence-corrected chi connectivity index (χ2v) is 5.24. The van der Waals surface area contributed by atoms with Gasteiger partial charge < -0.3 is 0 Å². The molecule has 0 aliphatic heterocycles. The van der Waals surface area contributed by atoms with Crippen LogP contribution in [0.5, 0.6) is 0 Å². The normalized spacial score (nSPS) is 11.4. The molecule has 0 aromatic rings. The maximum atomic E-state index is 11.2. The van der Waals surface area contributed by atoms with Crippen LogP contribution in [0.4, 0.5) is 0 Å². The Morgan fingerprint density at radius 2 is 1.92 bits per heavy atom. The van der Waals surface area contributed by atoms with E-state index in [1.54, 1.807) is 0 Å². The van der Waals surface area contributed by atoms with Gasteiger partial charge in [-0.2, -0.15) is 0 Å². The Labute approximate surface area is 75.6 Å². The van der Waals surface area contributed by atoms with E-state index in [9.17, 15) is 8.42 Å². The van der Waals surface area contributed by atoms with Crippen molar-refractivity contribution >= 4 is 9.84 Å². The van der Waals surface area contributed by atoms with Crippen molar-refractivity contribution in [2.45, 2.75) is 32.6 Å². The van der Waals surface area contributed by atoms with Crippen LogP contribution in [0.1, 0.15) is 32.6 Å². The Balaban J connectivity index is 3.54. The van der Waals surface area contributed by atoms with Crippen molar-refractivity contribution in [2.24, 2.45) is 0 Å². The molecule has 0 heterocycles. The van der Waals surface area contributed by atoms with E-state index in [-0.39, 0.29) is 0 Å². The zero-order valence-corrected chi connectivity index (χ0v) is 8.57. The Bertz CT molecular complexity index is 205. The van der Waals surface area contributed by atoms with E-state index in [1.165, 1.54) is 0 Å². The molecule has 0 spiro atoms. The number of unbranched alkanes of at least 4 members (excludes halogenated alkanes) is 2. The van der Waals surface area contributed by atoms with Crippen LogP contribution in [0, 0.1) is 0 Å². The zero-order valence-electron chi connectivity index (χ0n) is 7.75. The molecule has 0 rings (SSSR count). The van der Waals surface area contributed by atoms with Crippen molar-refractivity contribution in [1.29, 1.82) is 0 Å². The van der Waals surface area contributed by atoms with Crippen molar-refractivity contribution in [3.63, 3.8) is 0 Å². The van der Waals surface area contributed by atoms with Crippen molar-refractivity contribution < 1.29 is 8.42 Å². The van der Waals surface area contributed by atoms with Crippen LogP contribution < -0.4 is 0 Å². The van der Waals surface area contributed by atoms with Crippen molar-refractivity contribution in [1.82, 2.24) is 0 Å². The lowest BCUT2D eigenvalue weighted by atomic mass is 10.2. The summed E-state index contributed by atoms with van der Waals surface area (Å²) in [5, 5.41) is 0. The van der Waals surface area contributed by atoms with Gasteiger partial charge in [0.25, 0.3) is 0 Å². The van der Waals surface area contributed by atoms with Crippen LogP contribution >= 0.6 is 0 Å². The summed E-state index contributed by atoms with van der Waals surface area (Å²) >= 11 is 0. The summed E-state index contributed by atoms with van der Waals surface area (Å²) in [6.07, 6.45) is 5.18. The third kappa shape index (κ3) is 6.40. The molecule has 3 heteroatoms. The Kier molecular flexibility index (Phi) is 6.07. The molecular weight excluding hydrogens is 172 g/mol. The van der Waals surface area contributed by atoms with E-state index >= 15 is 0 Å². The van der Waals surface area contributed by atoms with Gasteiger partial charge in [0.15, 0.2) is 0 Å². The smallest absolute Gasteiger partial charge is 0.150 e. The maximum Gasteiger partial charge on any atom is 0.150 e. The number of hydrogen-bond acceptors (Lipinski definition) is 2. The zero-order chi connectivity index (χ0) is 9.45. The van der Waals surface area contributed by atoms with Gasteiger partial charge in [-0.1, -0.05) is 13.0 Å². The molecule has 0 aromatic carbocycles. The average molecular weight is 190 g/mol. The predicted molar refractivity (Wildman–Crippen MR) is 53.0 cm³/mol. The first-order chi connectivity index (χ1) is 5.62. The van der Waals surface area contributed by atoms with Crippen LogP contribution in [0.25, 0.3) is 0 Å². The first-order valence-corrected chi connectivity index (χ1v) is 6.26. The standard InChI is InChI=1S/C9H18O2S/c1-3-5-6-7-9-12(10,11)8-4-2/h3H,1,4-9H2,2H3. The Morgan fingerprint density at radius 1 is 1.25 bits per heavy atom. The minimum Gasteiger partial charge on any atom is -0.229 e. The molecule has 0 bridgehead atoms. The van der Waals surface area contributed by atoms with Gasteiger partial charge in [0, 0.05) is 5.75 Å². The Morgan fingerprint density at radius 3 is 2.42 bits per heavy atom. The average Bonchev–Trinajstić information content (AvgIpc) is 1.98. The van der Waals surface area contributed by atoms with Crippen LogP contribution in [0.3, 0.4) is 0 Å². The largest absolute Gasteiger partial charge is 0.229 e. The van der Waals surface area contributed by atoms with Gasteiger partial charge in [-0.05, 0) is 25.7 Å². The maximum absolute atomic E-state index is 11.2. The molecule has 0 aromatic heterocycles. The molecule has 0 unspecified atom stereocenters. The van der Waals surface area contributed by atoms with Gasteiger partial charge in [0.1, 0.15) is 9.84 Å². The van der Waals surface area contributed by atoms with E-state index in [2.05, 4.69) is 6.58 Å². The molecule has 0 aliphatic carbocycles. The summed E-state index contributed by atoms with van der Waals surface area (Å²) in [7, 11) is -2.75. The van der Waals surface area contributed by atoms with Crippen molar-refractivity contribution in [3.8, 4) is 0 Å². The highest BCUT2D eigenvalue weighted by atomic mass is 32.2. The fourth-order valence-electron chi connectivity index (χ4n) is 1.02. The van der Waals surface area contributed by atoms with E-state index in [4.69, 9.17) is 0 Å². The molecule has 0 atom stereocenters.